The highest BCUT2D eigenvalue weighted by Crippen LogP contribution is 2.47. The van der Waals surface area contributed by atoms with Gasteiger partial charge in [0.15, 0.2) is 34.5 Å². The topological polar surface area (TPSA) is 213 Å². The molecule has 4 rings (SSSR count). The average molecular weight is 841 g/mol. The van der Waals surface area contributed by atoms with E-state index in [2.05, 4.69) is 0 Å². The zero-order valence-electron chi connectivity index (χ0n) is 34.3. The predicted octanol–water partition coefficient (Wildman–Crippen LogP) is 4.80. The highest BCUT2D eigenvalue weighted by molar-refractivity contribution is 6.26. The van der Waals surface area contributed by atoms with E-state index in [4.69, 9.17) is 56.8 Å². The molecule has 0 saturated carbocycles. The molecule has 0 radical (unpaired) electrons. The first kappa shape index (κ1) is 46.0. The van der Waals surface area contributed by atoms with Gasteiger partial charge in [0.1, 0.15) is 79.3 Å². The van der Waals surface area contributed by atoms with Crippen LogP contribution in [0.5, 0.6) is 34.5 Å². The van der Waals surface area contributed by atoms with Gasteiger partial charge in [-0.05, 0) is 68.7 Å². The number of fused-ring (bicyclic) bond motifs is 6. The maximum atomic E-state index is 11.5. The van der Waals surface area contributed by atoms with E-state index < -0.39 is 35.8 Å². The molecule has 0 atom stereocenters. The van der Waals surface area contributed by atoms with E-state index >= 15 is 0 Å². The van der Waals surface area contributed by atoms with E-state index in [1.54, 1.807) is 36.4 Å². The fourth-order valence-electron chi connectivity index (χ4n) is 5.72. The van der Waals surface area contributed by atoms with Gasteiger partial charge >= 0.3 is 35.8 Å². The number of benzene rings is 4. The SMILES string of the molecule is CC(=O)OCCOc1cc2c3cc(OCCOC(C)=O)c(OCCOC(C)=O)cc3c3cc(OCCOC(C)=O)c(OCCOC(C)=O)cc3c2cc1OCCOC(C)=O. The molecule has 60 heavy (non-hydrogen) atoms. The van der Waals surface area contributed by atoms with Crippen molar-refractivity contribution in [2.24, 2.45) is 0 Å². The summed E-state index contributed by atoms with van der Waals surface area (Å²) in [6, 6.07) is 10.4. The summed E-state index contributed by atoms with van der Waals surface area (Å²) in [4.78, 5) is 68.9. The second-order valence-electron chi connectivity index (χ2n) is 12.7. The summed E-state index contributed by atoms with van der Waals surface area (Å²) in [5.41, 5.74) is 0. The van der Waals surface area contributed by atoms with E-state index in [0.29, 0.717) is 32.3 Å². The van der Waals surface area contributed by atoms with E-state index in [1.807, 2.05) is 0 Å². The van der Waals surface area contributed by atoms with Crippen LogP contribution in [0.2, 0.25) is 0 Å². The summed E-state index contributed by atoms with van der Waals surface area (Å²) in [6.07, 6.45) is 0. The third kappa shape index (κ3) is 14.3. The van der Waals surface area contributed by atoms with Gasteiger partial charge in [0.05, 0.1) is 0 Å². The lowest BCUT2D eigenvalue weighted by molar-refractivity contribution is -0.142. The molecule has 0 N–H and O–H groups in total. The van der Waals surface area contributed by atoms with Gasteiger partial charge in [0.25, 0.3) is 0 Å². The Labute approximate surface area is 345 Å². The van der Waals surface area contributed by atoms with Crippen molar-refractivity contribution in [3.63, 3.8) is 0 Å². The molecule has 0 unspecified atom stereocenters. The molecule has 4 aromatic carbocycles. The van der Waals surface area contributed by atoms with E-state index in [1.165, 1.54) is 41.5 Å². The van der Waals surface area contributed by atoms with Crippen LogP contribution in [0.4, 0.5) is 0 Å². The molecular formula is C42H48O18. The van der Waals surface area contributed by atoms with E-state index in [0.717, 1.165) is 0 Å². The van der Waals surface area contributed by atoms with Crippen molar-refractivity contribution in [1.29, 1.82) is 0 Å². The van der Waals surface area contributed by atoms with Gasteiger partial charge in [-0.25, -0.2) is 0 Å². The quantitative estimate of drug-likeness (QED) is 0.0401. The Morgan fingerprint density at radius 3 is 0.517 bits per heavy atom. The van der Waals surface area contributed by atoms with Gasteiger partial charge in [0, 0.05) is 41.5 Å². The first-order chi connectivity index (χ1) is 28.7. The second kappa shape index (κ2) is 23.0. The van der Waals surface area contributed by atoms with Crippen molar-refractivity contribution < 1.29 is 85.6 Å². The summed E-state index contributed by atoms with van der Waals surface area (Å²) < 4.78 is 67.1. The van der Waals surface area contributed by atoms with Crippen LogP contribution in [-0.2, 0) is 57.2 Å². The van der Waals surface area contributed by atoms with Crippen molar-refractivity contribution in [2.45, 2.75) is 41.5 Å². The van der Waals surface area contributed by atoms with Crippen molar-refractivity contribution in [2.75, 3.05) is 79.3 Å². The zero-order valence-corrected chi connectivity index (χ0v) is 34.3. The van der Waals surface area contributed by atoms with Gasteiger partial charge in [-0.1, -0.05) is 0 Å². The lowest BCUT2D eigenvalue weighted by Gasteiger charge is -2.20. The van der Waals surface area contributed by atoms with Crippen molar-refractivity contribution in [1.82, 2.24) is 0 Å². The number of hydrogen-bond acceptors (Lipinski definition) is 18. The fourth-order valence-corrected chi connectivity index (χ4v) is 5.72. The Kier molecular flexibility index (Phi) is 17.6. The molecule has 0 aliphatic carbocycles. The normalized spacial score (nSPS) is 10.7. The molecule has 18 nitrogen and oxygen atoms in total. The maximum absolute atomic E-state index is 11.5. The van der Waals surface area contributed by atoms with Gasteiger partial charge in [-0.2, -0.15) is 0 Å². The van der Waals surface area contributed by atoms with Crippen LogP contribution in [0.25, 0.3) is 32.3 Å². The number of carbonyl (C=O) groups is 6. The van der Waals surface area contributed by atoms with Gasteiger partial charge in [-0.15, -0.1) is 0 Å². The number of rotatable bonds is 24. The molecule has 0 bridgehead atoms. The minimum absolute atomic E-state index is 0.0316. The molecule has 0 aromatic heterocycles. The molecule has 324 valence electrons. The van der Waals surface area contributed by atoms with Crippen LogP contribution in [0.1, 0.15) is 41.5 Å². The molecule has 0 aliphatic rings. The van der Waals surface area contributed by atoms with Crippen LogP contribution in [-0.4, -0.2) is 115 Å². The Morgan fingerprint density at radius 1 is 0.267 bits per heavy atom. The number of carbonyl (C=O) groups excluding carboxylic acids is 6. The molecule has 0 spiro atoms. The molecule has 0 heterocycles. The monoisotopic (exact) mass is 840 g/mol. The molecule has 18 heteroatoms. The Bertz CT molecular complexity index is 1760. The molecule has 4 aromatic rings. The van der Waals surface area contributed by atoms with Crippen molar-refractivity contribution >= 4 is 68.1 Å². The highest BCUT2D eigenvalue weighted by Gasteiger charge is 2.21. The first-order valence-electron chi connectivity index (χ1n) is 18.9. The van der Waals surface area contributed by atoms with Crippen LogP contribution in [0.15, 0.2) is 36.4 Å². The van der Waals surface area contributed by atoms with Crippen LogP contribution in [0.3, 0.4) is 0 Å². The van der Waals surface area contributed by atoms with Crippen molar-refractivity contribution in [3.8, 4) is 34.5 Å². The molecule has 0 saturated heterocycles. The Hall–Kier alpha value is -6.72. The molecule has 0 aliphatic heterocycles. The first-order valence-corrected chi connectivity index (χ1v) is 18.9. The lowest BCUT2D eigenvalue weighted by atomic mass is 9.93. The molecule has 0 fully saturated rings. The smallest absolute Gasteiger partial charge is 0.302 e. The largest absolute Gasteiger partial charge is 0.486 e. The minimum Gasteiger partial charge on any atom is -0.486 e. The standard InChI is InChI=1S/C42H48O18/c1-25(43)49-7-13-55-37-19-31-32(20-38(37)56-14-8-50-26(2)44)34-22-40(58-16-10-52-28(4)46)42(60-18-12-54-30(6)48)24-36(34)35-23-41(59-17-11-53-29(5)47)39(21-33(31)35)57-15-9-51-27(3)45/h19-24H,7-18H2,1-6H3. The van der Waals surface area contributed by atoms with Crippen LogP contribution < -0.4 is 28.4 Å². The third-order valence-electron chi connectivity index (χ3n) is 8.00. The molecule has 0 amide bonds. The summed E-state index contributed by atoms with van der Waals surface area (Å²) in [5, 5.41) is 3.74. The minimum atomic E-state index is -0.486. The average Bonchev–Trinajstić information content (AvgIpc) is 3.18. The third-order valence-corrected chi connectivity index (χ3v) is 8.00. The summed E-state index contributed by atoms with van der Waals surface area (Å²) in [5.74, 6) is -1.33. The van der Waals surface area contributed by atoms with Crippen LogP contribution in [0, 0.1) is 0 Å². The van der Waals surface area contributed by atoms with E-state index in [-0.39, 0.29) is 114 Å². The van der Waals surface area contributed by atoms with Gasteiger partial charge in [0.2, 0.25) is 0 Å². The number of hydrogen-bond donors (Lipinski definition) is 0. The Morgan fingerprint density at radius 2 is 0.400 bits per heavy atom. The van der Waals surface area contributed by atoms with Gasteiger partial charge < -0.3 is 56.8 Å². The maximum Gasteiger partial charge on any atom is 0.302 e. The summed E-state index contributed by atoms with van der Waals surface area (Å²) >= 11 is 0. The van der Waals surface area contributed by atoms with Crippen molar-refractivity contribution in [3.05, 3.63) is 36.4 Å². The number of ether oxygens (including phenoxy) is 12. The highest BCUT2D eigenvalue weighted by atomic mass is 16.6. The van der Waals surface area contributed by atoms with Gasteiger partial charge in [-0.3, -0.25) is 28.8 Å². The summed E-state index contributed by atoms with van der Waals surface area (Å²) in [7, 11) is 0. The lowest BCUT2D eigenvalue weighted by Crippen LogP contribution is -2.13. The molecular weight excluding hydrogens is 792 g/mol. The van der Waals surface area contributed by atoms with E-state index in [9.17, 15) is 28.8 Å². The number of esters is 6. The van der Waals surface area contributed by atoms with Crippen LogP contribution >= 0.6 is 0 Å². The Balaban J connectivity index is 2.01. The zero-order chi connectivity index (χ0) is 43.6. The fraction of sp³-hybridized carbons (Fsp3) is 0.429. The predicted molar refractivity (Wildman–Crippen MR) is 212 cm³/mol. The second-order valence-corrected chi connectivity index (χ2v) is 12.7. The summed E-state index contributed by atoms with van der Waals surface area (Å²) in [6.45, 7) is 7.16.